The second-order valence-electron chi connectivity index (χ2n) is 4.64. The number of urea groups is 1. The first kappa shape index (κ1) is 16.4. The Bertz CT molecular complexity index is 681. The molecule has 0 aromatic heterocycles. The summed E-state index contributed by atoms with van der Waals surface area (Å²) in [4.78, 5) is 25.1. The maximum absolute atomic E-state index is 12.2. The van der Waals surface area contributed by atoms with Crippen molar-refractivity contribution in [2.24, 2.45) is 0 Å². The summed E-state index contributed by atoms with van der Waals surface area (Å²) < 4.78 is 15.8. The van der Waals surface area contributed by atoms with Gasteiger partial charge in [0.15, 0.2) is 11.5 Å². The predicted octanol–water partition coefficient (Wildman–Crippen LogP) is 1.79. The lowest BCUT2D eigenvalue weighted by Crippen LogP contribution is -2.30. The summed E-state index contributed by atoms with van der Waals surface area (Å²) >= 11 is 0. The molecule has 23 heavy (non-hydrogen) atoms. The molecule has 1 aromatic carbocycles. The lowest BCUT2D eigenvalue weighted by Gasteiger charge is -2.12. The minimum atomic E-state index is -0.486. The Morgan fingerprint density at radius 2 is 1.70 bits per heavy atom. The van der Waals surface area contributed by atoms with Crippen molar-refractivity contribution in [1.82, 2.24) is 10.2 Å². The molecule has 0 bridgehead atoms. The molecule has 0 radical (unpaired) electrons. The van der Waals surface area contributed by atoms with Gasteiger partial charge in [-0.3, -0.25) is 9.69 Å². The van der Waals surface area contributed by atoms with Gasteiger partial charge in [0.1, 0.15) is 11.4 Å². The fourth-order valence-corrected chi connectivity index (χ4v) is 2.19. The SMILES string of the molecule is C=CCN1C(=O)N/C(=C/c2cc(OC)c(OC)cc2OC)C1=O. The van der Waals surface area contributed by atoms with E-state index in [4.69, 9.17) is 14.2 Å². The highest BCUT2D eigenvalue weighted by atomic mass is 16.5. The molecular formula is C16H18N2O5. The quantitative estimate of drug-likeness (QED) is 0.491. The number of nitrogens with zero attached hydrogens (tertiary/aromatic N) is 1. The molecule has 7 heteroatoms. The summed E-state index contributed by atoms with van der Waals surface area (Å²) in [5.74, 6) is 1.05. The monoisotopic (exact) mass is 318 g/mol. The molecule has 1 fully saturated rings. The first-order chi connectivity index (χ1) is 11.0. The second kappa shape index (κ2) is 6.87. The normalized spacial score (nSPS) is 15.6. The highest BCUT2D eigenvalue weighted by Gasteiger charge is 2.32. The molecular weight excluding hydrogens is 300 g/mol. The van der Waals surface area contributed by atoms with Gasteiger partial charge in [-0.15, -0.1) is 6.58 Å². The second-order valence-corrected chi connectivity index (χ2v) is 4.64. The third kappa shape index (κ3) is 3.13. The van der Waals surface area contributed by atoms with E-state index in [9.17, 15) is 9.59 Å². The maximum Gasteiger partial charge on any atom is 0.329 e. The highest BCUT2D eigenvalue weighted by molar-refractivity contribution is 6.14. The zero-order valence-electron chi connectivity index (χ0n) is 13.2. The zero-order chi connectivity index (χ0) is 17.0. The summed E-state index contributed by atoms with van der Waals surface area (Å²) in [6.07, 6.45) is 3.02. The summed E-state index contributed by atoms with van der Waals surface area (Å²) in [6.45, 7) is 3.67. The molecule has 3 amide bonds. The van der Waals surface area contributed by atoms with E-state index >= 15 is 0 Å². The minimum absolute atomic E-state index is 0.144. The standard InChI is InChI=1S/C16H18N2O5/c1-5-6-18-15(19)11(17-16(18)20)7-10-8-13(22-3)14(23-4)9-12(10)21-2/h5,7-9H,1,6H2,2-4H3,(H,17,20)/b11-7+. The summed E-state index contributed by atoms with van der Waals surface area (Å²) in [6, 6.07) is 2.83. The molecule has 1 saturated heterocycles. The van der Waals surface area contributed by atoms with Crippen molar-refractivity contribution >= 4 is 18.0 Å². The van der Waals surface area contributed by atoms with E-state index in [0.717, 1.165) is 4.90 Å². The molecule has 1 N–H and O–H groups in total. The number of imide groups is 1. The molecule has 1 aromatic rings. The van der Waals surface area contributed by atoms with Crippen molar-refractivity contribution in [3.63, 3.8) is 0 Å². The van der Waals surface area contributed by atoms with E-state index in [-0.39, 0.29) is 12.2 Å². The lowest BCUT2D eigenvalue weighted by atomic mass is 10.1. The average Bonchev–Trinajstić information content (AvgIpc) is 2.82. The molecule has 0 spiro atoms. The largest absolute Gasteiger partial charge is 0.496 e. The Labute approximate surface area is 134 Å². The smallest absolute Gasteiger partial charge is 0.329 e. The van der Waals surface area contributed by atoms with E-state index in [1.807, 2.05) is 0 Å². The van der Waals surface area contributed by atoms with Gasteiger partial charge in [-0.25, -0.2) is 4.79 Å². The average molecular weight is 318 g/mol. The maximum atomic E-state index is 12.2. The molecule has 1 aliphatic rings. The van der Waals surface area contributed by atoms with Gasteiger partial charge in [0.2, 0.25) is 0 Å². The number of carbonyl (C=O) groups is 2. The number of carbonyl (C=O) groups excluding carboxylic acids is 2. The van der Waals surface area contributed by atoms with E-state index < -0.39 is 11.9 Å². The van der Waals surface area contributed by atoms with Crippen LogP contribution in [0, 0.1) is 0 Å². The topological polar surface area (TPSA) is 77.1 Å². The molecule has 0 unspecified atom stereocenters. The number of ether oxygens (including phenoxy) is 3. The number of hydrogen-bond donors (Lipinski definition) is 1. The van der Waals surface area contributed by atoms with Gasteiger partial charge in [0.05, 0.1) is 21.3 Å². The molecule has 2 rings (SSSR count). The predicted molar refractivity (Wildman–Crippen MR) is 84.5 cm³/mol. The van der Waals surface area contributed by atoms with Crippen molar-refractivity contribution in [1.29, 1.82) is 0 Å². The number of rotatable bonds is 6. The van der Waals surface area contributed by atoms with Crippen molar-refractivity contribution in [2.45, 2.75) is 0 Å². The Morgan fingerprint density at radius 1 is 1.09 bits per heavy atom. The third-order valence-electron chi connectivity index (χ3n) is 3.31. The molecule has 0 atom stereocenters. The number of benzene rings is 1. The van der Waals surface area contributed by atoms with E-state index in [1.54, 1.807) is 12.1 Å². The van der Waals surface area contributed by atoms with Gasteiger partial charge < -0.3 is 19.5 Å². The van der Waals surface area contributed by atoms with Crippen molar-refractivity contribution in [3.05, 3.63) is 36.0 Å². The molecule has 7 nitrogen and oxygen atoms in total. The molecule has 0 aliphatic carbocycles. The summed E-state index contributed by atoms with van der Waals surface area (Å²) in [7, 11) is 4.53. The molecule has 0 saturated carbocycles. The number of nitrogens with one attached hydrogen (secondary N) is 1. The van der Waals surface area contributed by atoms with Crippen LogP contribution in [0.4, 0.5) is 4.79 Å². The van der Waals surface area contributed by atoms with Crippen LogP contribution in [0.25, 0.3) is 6.08 Å². The Hall–Kier alpha value is -2.96. The van der Waals surface area contributed by atoms with Crippen LogP contribution in [-0.2, 0) is 4.79 Å². The highest BCUT2D eigenvalue weighted by Crippen LogP contribution is 2.35. The third-order valence-corrected chi connectivity index (χ3v) is 3.31. The summed E-state index contributed by atoms with van der Waals surface area (Å²) in [5, 5.41) is 2.53. The minimum Gasteiger partial charge on any atom is -0.496 e. The van der Waals surface area contributed by atoms with Crippen LogP contribution < -0.4 is 19.5 Å². The van der Waals surface area contributed by atoms with Crippen molar-refractivity contribution in [2.75, 3.05) is 27.9 Å². The van der Waals surface area contributed by atoms with Crippen LogP contribution in [-0.4, -0.2) is 44.7 Å². The van der Waals surface area contributed by atoms with E-state index in [0.29, 0.717) is 22.8 Å². The van der Waals surface area contributed by atoms with Crippen LogP contribution in [0.3, 0.4) is 0 Å². The summed E-state index contributed by atoms with van der Waals surface area (Å²) in [5.41, 5.74) is 0.733. The van der Waals surface area contributed by atoms with Gasteiger partial charge in [0, 0.05) is 18.2 Å². The van der Waals surface area contributed by atoms with Crippen molar-refractivity contribution < 1.29 is 23.8 Å². The van der Waals surface area contributed by atoms with E-state index in [2.05, 4.69) is 11.9 Å². The van der Waals surface area contributed by atoms with Gasteiger partial charge in [-0.2, -0.15) is 0 Å². The number of amides is 3. The van der Waals surface area contributed by atoms with Crippen molar-refractivity contribution in [3.8, 4) is 17.2 Å². The van der Waals surface area contributed by atoms with Gasteiger partial charge >= 0.3 is 6.03 Å². The first-order valence-corrected chi connectivity index (χ1v) is 6.81. The van der Waals surface area contributed by atoms with Gasteiger partial charge in [0.25, 0.3) is 5.91 Å². The Morgan fingerprint density at radius 3 is 2.26 bits per heavy atom. The number of hydrogen-bond acceptors (Lipinski definition) is 5. The fourth-order valence-electron chi connectivity index (χ4n) is 2.19. The van der Waals surface area contributed by atoms with Crippen LogP contribution in [0.1, 0.15) is 5.56 Å². The fraction of sp³-hybridized carbons (Fsp3) is 0.250. The molecule has 122 valence electrons. The van der Waals surface area contributed by atoms with Crippen LogP contribution in [0.15, 0.2) is 30.5 Å². The molecule has 1 heterocycles. The zero-order valence-corrected chi connectivity index (χ0v) is 13.2. The van der Waals surface area contributed by atoms with E-state index in [1.165, 1.54) is 33.5 Å². The van der Waals surface area contributed by atoms with Gasteiger partial charge in [-0.1, -0.05) is 6.08 Å². The number of methoxy groups -OCH3 is 3. The Kier molecular flexibility index (Phi) is 4.90. The molecule has 1 aliphatic heterocycles. The van der Waals surface area contributed by atoms with Gasteiger partial charge in [-0.05, 0) is 12.1 Å². The van der Waals surface area contributed by atoms with Crippen LogP contribution in [0.5, 0.6) is 17.2 Å². The van der Waals surface area contributed by atoms with Crippen LogP contribution >= 0.6 is 0 Å². The Balaban J connectivity index is 2.44. The van der Waals surface area contributed by atoms with Crippen LogP contribution in [0.2, 0.25) is 0 Å². The first-order valence-electron chi connectivity index (χ1n) is 6.81. The lowest BCUT2D eigenvalue weighted by molar-refractivity contribution is -0.122.